The molecule has 0 amide bonds. The van der Waals surface area contributed by atoms with E-state index in [2.05, 4.69) is 46.9 Å². The van der Waals surface area contributed by atoms with Gasteiger partial charge in [-0.2, -0.15) is 20.6 Å². The molecule has 0 spiro atoms. The van der Waals surface area contributed by atoms with Crippen LogP contribution in [0.25, 0.3) is 22.1 Å². The predicted octanol–water partition coefficient (Wildman–Crippen LogP) is 1.84. The SMILES string of the molecule is O=[N+]([O-])c1ccc(Cl)c2c1=N[Se](=O)N=2.O=[N+]([O-])c1ccc(Cl)c2n[nH]nc12.O=[N+]([O-])c1ccc(F)c2c1=N[Se](=O)N=2.O=[N+]([O-])c1ccc(F)c2n[nH]nc12. The first-order chi connectivity index (χ1) is 25.6. The zero-order valence-corrected chi connectivity index (χ0v) is 30.3. The minimum atomic E-state index is -2.85. The normalized spacial score (nSPS) is 14.5. The number of non-ortho nitro benzene ring substituents is 4. The number of rotatable bonds is 4. The number of nitrogens with zero attached hydrogens (tertiary/aromatic N) is 12. The maximum absolute atomic E-state index is 13.0. The fourth-order valence-electron chi connectivity index (χ4n) is 4.16. The Morgan fingerprint density at radius 1 is 0.481 bits per heavy atom. The van der Waals surface area contributed by atoms with Gasteiger partial charge in [-0.15, -0.1) is 10.2 Å². The van der Waals surface area contributed by atoms with E-state index >= 15 is 0 Å². The number of aromatic nitrogens is 6. The molecule has 0 bridgehead atoms. The van der Waals surface area contributed by atoms with E-state index in [-0.39, 0.29) is 65.8 Å². The number of hydrogen-bond acceptors (Lipinski definition) is 14. The maximum atomic E-state index is 13.0. The minimum Gasteiger partial charge on any atom is -0.258 e. The summed E-state index contributed by atoms with van der Waals surface area (Å²) in [5, 5.41) is 60.9. The van der Waals surface area contributed by atoms with Crippen LogP contribution in [0.1, 0.15) is 0 Å². The molecule has 2 N–H and O–H groups in total. The Morgan fingerprint density at radius 3 is 1.41 bits per heavy atom. The molecule has 6 aromatic rings. The van der Waals surface area contributed by atoms with E-state index in [1.807, 2.05) is 0 Å². The van der Waals surface area contributed by atoms with Gasteiger partial charge in [0.05, 0.1) is 14.9 Å². The fourth-order valence-corrected chi connectivity index (χ4v) is 7.65. The predicted molar refractivity (Wildman–Crippen MR) is 175 cm³/mol. The molecule has 0 saturated heterocycles. The Hall–Kier alpha value is -6.44. The number of aromatic amines is 2. The number of halogens is 4. The van der Waals surface area contributed by atoms with Crippen molar-refractivity contribution in [3.63, 3.8) is 0 Å². The summed E-state index contributed by atoms with van der Waals surface area (Å²) < 4.78 is 62.0. The van der Waals surface area contributed by atoms with Gasteiger partial charge in [-0.1, -0.05) is 11.6 Å². The second-order valence-electron chi connectivity index (χ2n) is 9.56. The molecular formula is C24H10Cl2F2N14O10Se2. The molecule has 30 heteroatoms. The topological polar surface area (TPSA) is 339 Å². The average molecular weight is 921 g/mol. The van der Waals surface area contributed by atoms with Crippen LogP contribution in [0.4, 0.5) is 31.5 Å². The zero-order chi connectivity index (χ0) is 39.4. The van der Waals surface area contributed by atoms with Gasteiger partial charge in [-0.25, -0.2) is 4.39 Å². The molecule has 24 nitrogen and oxygen atoms in total. The third-order valence-electron chi connectivity index (χ3n) is 6.43. The second kappa shape index (κ2) is 16.1. The molecule has 0 radical (unpaired) electrons. The summed E-state index contributed by atoms with van der Waals surface area (Å²) >= 11 is 5.90. The van der Waals surface area contributed by atoms with Crippen LogP contribution in [0.5, 0.6) is 0 Å². The summed E-state index contributed by atoms with van der Waals surface area (Å²) in [6, 6.07) is 9.24. The van der Waals surface area contributed by atoms with Gasteiger partial charge in [0, 0.05) is 12.1 Å². The van der Waals surface area contributed by atoms with Gasteiger partial charge >= 0.3 is 166 Å². The van der Waals surface area contributed by atoms with Crippen LogP contribution in [-0.4, -0.2) is 79.1 Å². The van der Waals surface area contributed by atoms with Gasteiger partial charge in [-0.05, 0) is 12.1 Å². The smallest absolute Gasteiger partial charge is 0.258 e. The third kappa shape index (κ3) is 8.12. The number of H-pyrrole nitrogens is 2. The molecule has 2 aliphatic rings. The molecule has 0 aliphatic carbocycles. The number of nitro benzene ring substituents is 4. The Kier molecular flexibility index (Phi) is 11.5. The van der Waals surface area contributed by atoms with E-state index in [0.717, 1.165) is 24.3 Å². The Balaban J connectivity index is 0.000000139. The van der Waals surface area contributed by atoms with Gasteiger partial charge in [-0.3, -0.25) is 20.2 Å². The van der Waals surface area contributed by atoms with Crippen LogP contribution in [0, 0.1) is 52.1 Å². The van der Waals surface area contributed by atoms with Crippen LogP contribution in [0.2, 0.25) is 10.0 Å². The van der Waals surface area contributed by atoms with E-state index in [1.54, 1.807) is 0 Å². The van der Waals surface area contributed by atoms with E-state index < -0.39 is 59.9 Å². The molecule has 0 fully saturated rings. The molecule has 2 unspecified atom stereocenters. The molecule has 4 heterocycles. The minimum absolute atomic E-state index is 0.0301. The molecule has 8 rings (SSSR count). The van der Waals surface area contributed by atoms with Crippen LogP contribution in [0.15, 0.2) is 64.6 Å². The van der Waals surface area contributed by atoms with Gasteiger partial charge < -0.3 is 0 Å². The van der Waals surface area contributed by atoms with Crippen molar-refractivity contribution < 1.29 is 36.1 Å². The number of nitrogens with one attached hydrogen (secondary N) is 2. The molecular weight excluding hydrogens is 911 g/mol. The average Bonchev–Trinajstić information content (AvgIpc) is 3.93. The zero-order valence-electron chi connectivity index (χ0n) is 25.4. The molecule has 54 heavy (non-hydrogen) atoms. The fraction of sp³-hybridized carbons (Fsp3) is 0. The van der Waals surface area contributed by atoms with Gasteiger partial charge in [0.1, 0.15) is 5.52 Å². The van der Waals surface area contributed by atoms with Crippen molar-refractivity contribution in [2.24, 2.45) is 16.0 Å². The van der Waals surface area contributed by atoms with Crippen LogP contribution in [0.3, 0.4) is 0 Å². The van der Waals surface area contributed by atoms with Crippen LogP contribution >= 0.6 is 23.2 Å². The van der Waals surface area contributed by atoms with Gasteiger partial charge in [0.25, 0.3) is 11.4 Å². The van der Waals surface area contributed by atoms with Crippen molar-refractivity contribution in [2.45, 2.75) is 0 Å². The standard InChI is InChI=1S/C6H3ClN4O2.C6H2ClN3O3Se.C6H3FN4O2.C6H2FN3O3Se/c7-3-1-2-4(11(12)13)6-5(3)8-10-9-6;7-3-1-2-4(10(11)12)6-5(3)8-14(13)9-6;7-3-1-2-4(11(12)13)6-5(3)8-10-9-6;7-3-1-2-4(10(11)12)6-5(3)8-14(13)9-6/h1-2H,(H,8,9,10);1-2H;1-2H,(H,8,9,10);1-2H. The van der Waals surface area contributed by atoms with Crippen LogP contribution < -0.4 is 21.4 Å². The van der Waals surface area contributed by atoms with Crippen LogP contribution in [-0.2, 0) is 7.67 Å². The van der Waals surface area contributed by atoms with Gasteiger partial charge in [0.2, 0.25) is 0 Å². The van der Waals surface area contributed by atoms with Crippen molar-refractivity contribution in [3.8, 4) is 0 Å². The Morgan fingerprint density at radius 2 is 0.852 bits per heavy atom. The quantitative estimate of drug-likeness (QED) is 0.145. The number of fused-ring (bicyclic) bond motifs is 4. The van der Waals surface area contributed by atoms with E-state index in [4.69, 9.17) is 23.2 Å². The summed E-state index contributed by atoms with van der Waals surface area (Å²) in [6.45, 7) is 0. The Labute approximate surface area is 310 Å². The van der Waals surface area contributed by atoms with Crippen molar-refractivity contribution in [2.75, 3.05) is 0 Å². The molecule has 2 aliphatic heterocycles. The molecule has 0 saturated carbocycles. The van der Waals surface area contributed by atoms with E-state index in [1.165, 1.54) is 24.3 Å². The summed E-state index contributed by atoms with van der Waals surface area (Å²) in [5.41, 5.74) is -0.631. The first-order valence-corrected chi connectivity index (χ1v) is 18.7. The summed E-state index contributed by atoms with van der Waals surface area (Å²) in [6.07, 6.45) is 0. The van der Waals surface area contributed by atoms with Crippen molar-refractivity contribution >= 4 is 96.6 Å². The summed E-state index contributed by atoms with van der Waals surface area (Å²) in [4.78, 5) is 39.5. The van der Waals surface area contributed by atoms with E-state index in [9.17, 15) is 56.9 Å². The molecule has 276 valence electrons. The number of hydrogen-bond donors (Lipinski definition) is 2. The molecule has 2 atom stereocenters. The van der Waals surface area contributed by atoms with Crippen molar-refractivity contribution in [1.82, 2.24) is 30.8 Å². The number of benzene rings is 4. The Bertz CT molecular complexity index is 2690. The number of nitro groups is 4. The summed E-state index contributed by atoms with van der Waals surface area (Å²) in [7, 11) is 0. The second-order valence-corrected chi connectivity index (χ2v) is 13.8. The molecule has 2 aromatic heterocycles. The van der Waals surface area contributed by atoms with Crippen molar-refractivity contribution in [3.05, 3.63) is 132 Å². The first-order valence-electron chi connectivity index (χ1n) is 13.5. The third-order valence-corrected chi connectivity index (χ3v) is 9.89. The largest absolute Gasteiger partial charge is 0.299 e. The first kappa shape index (κ1) is 38.8. The molecule has 4 aromatic carbocycles. The maximum Gasteiger partial charge on any atom is 0.299 e. The van der Waals surface area contributed by atoms with E-state index in [0.29, 0.717) is 10.5 Å². The monoisotopic (exact) mass is 922 g/mol. The van der Waals surface area contributed by atoms with Crippen molar-refractivity contribution in [1.29, 1.82) is 0 Å². The summed E-state index contributed by atoms with van der Waals surface area (Å²) in [5.74, 6) is -1.37. The van der Waals surface area contributed by atoms with Gasteiger partial charge in [0.15, 0.2) is 22.4 Å².